The Balaban J connectivity index is 1.98. The van der Waals surface area contributed by atoms with Gasteiger partial charge in [0.25, 0.3) is 5.91 Å². The minimum Gasteiger partial charge on any atom is -0.481 e. The van der Waals surface area contributed by atoms with E-state index in [4.69, 9.17) is 4.74 Å². The van der Waals surface area contributed by atoms with Crippen molar-refractivity contribution < 1.29 is 9.53 Å². The molecule has 1 aromatic heterocycles. The lowest BCUT2D eigenvalue weighted by atomic mass is 10.1. The van der Waals surface area contributed by atoms with Crippen LogP contribution in [0.3, 0.4) is 0 Å². The maximum atomic E-state index is 12.0. The fraction of sp³-hybridized carbons (Fsp3) is 0.250. The first kappa shape index (κ1) is 14.1. The van der Waals surface area contributed by atoms with Gasteiger partial charge >= 0.3 is 0 Å². The van der Waals surface area contributed by atoms with E-state index < -0.39 is 6.10 Å². The summed E-state index contributed by atoms with van der Waals surface area (Å²) >= 11 is 0. The summed E-state index contributed by atoms with van der Waals surface area (Å²) in [6, 6.07) is 9.27. The van der Waals surface area contributed by atoms with Gasteiger partial charge in [-0.1, -0.05) is 6.07 Å². The third-order valence-electron chi connectivity index (χ3n) is 3.11. The fourth-order valence-corrected chi connectivity index (χ4v) is 1.72. The number of nitrogens with zero attached hydrogens (tertiary/aromatic N) is 1. The number of aryl methyl sites for hydroxylation is 2. The summed E-state index contributed by atoms with van der Waals surface area (Å²) in [5.74, 6) is 0.514. The Labute approximate surface area is 118 Å². The Kier molecular flexibility index (Phi) is 4.35. The predicted molar refractivity (Wildman–Crippen MR) is 78.9 cm³/mol. The zero-order chi connectivity index (χ0) is 14.5. The van der Waals surface area contributed by atoms with Gasteiger partial charge in [0.15, 0.2) is 6.10 Å². The van der Waals surface area contributed by atoms with Gasteiger partial charge in [0.2, 0.25) is 0 Å². The molecule has 0 aliphatic carbocycles. The highest BCUT2D eigenvalue weighted by atomic mass is 16.5. The van der Waals surface area contributed by atoms with Crippen molar-refractivity contribution >= 4 is 11.6 Å². The summed E-state index contributed by atoms with van der Waals surface area (Å²) < 4.78 is 5.66. The molecule has 0 saturated carbocycles. The summed E-state index contributed by atoms with van der Waals surface area (Å²) in [6.45, 7) is 5.79. The molecule has 4 nitrogen and oxygen atoms in total. The summed E-state index contributed by atoms with van der Waals surface area (Å²) in [7, 11) is 0. The van der Waals surface area contributed by atoms with Crippen LogP contribution in [-0.2, 0) is 4.79 Å². The van der Waals surface area contributed by atoms with E-state index in [1.807, 2.05) is 32.0 Å². The van der Waals surface area contributed by atoms with E-state index in [2.05, 4.69) is 10.3 Å². The van der Waals surface area contributed by atoms with Gasteiger partial charge in [0, 0.05) is 18.1 Å². The molecule has 0 radical (unpaired) electrons. The molecule has 4 heteroatoms. The van der Waals surface area contributed by atoms with E-state index in [0.29, 0.717) is 11.4 Å². The Morgan fingerprint density at radius 1 is 1.15 bits per heavy atom. The Morgan fingerprint density at radius 2 is 1.85 bits per heavy atom. The van der Waals surface area contributed by atoms with Crippen molar-refractivity contribution in [1.82, 2.24) is 4.98 Å². The van der Waals surface area contributed by atoms with Gasteiger partial charge in [0.1, 0.15) is 5.75 Å². The van der Waals surface area contributed by atoms with Crippen LogP contribution in [0.4, 0.5) is 5.69 Å². The van der Waals surface area contributed by atoms with Crippen LogP contribution in [0.15, 0.2) is 42.7 Å². The molecular formula is C16H18N2O2. The van der Waals surface area contributed by atoms with Gasteiger partial charge in [-0.05, 0) is 56.2 Å². The second-order valence-electron chi connectivity index (χ2n) is 4.73. The lowest BCUT2D eigenvalue weighted by Gasteiger charge is -2.15. The van der Waals surface area contributed by atoms with Crippen molar-refractivity contribution in [2.45, 2.75) is 26.9 Å². The minimum atomic E-state index is -0.565. The molecule has 1 atom stereocenters. The second-order valence-corrected chi connectivity index (χ2v) is 4.73. The van der Waals surface area contributed by atoms with Crippen LogP contribution in [0.5, 0.6) is 5.75 Å². The second kappa shape index (κ2) is 6.19. The van der Waals surface area contributed by atoms with Crippen LogP contribution < -0.4 is 10.1 Å². The van der Waals surface area contributed by atoms with Gasteiger partial charge in [-0.25, -0.2) is 0 Å². The first-order valence-corrected chi connectivity index (χ1v) is 6.51. The number of hydrogen-bond donors (Lipinski definition) is 1. The maximum absolute atomic E-state index is 12.0. The summed E-state index contributed by atoms with van der Waals surface area (Å²) in [6.07, 6.45) is 2.69. The largest absolute Gasteiger partial charge is 0.481 e. The Bertz CT molecular complexity index is 597. The normalized spacial score (nSPS) is 11.8. The number of ether oxygens (including phenoxy) is 1. The zero-order valence-corrected chi connectivity index (χ0v) is 11.9. The van der Waals surface area contributed by atoms with E-state index in [-0.39, 0.29) is 5.91 Å². The SMILES string of the molecule is Cc1ccc(O[C@H](C)C(=O)Nc2ccncc2)cc1C. The van der Waals surface area contributed by atoms with Gasteiger partial charge in [0.05, 0.1) is 0 Å². The minimum absolute atomic E-state index is 0.186. The van der Waals surface area contributed by atoms with Crippen molar-refractivity contribution in [2.24, 2.45) is 0 Å². The van der Waals surface area contributed by atoms with Crippen LogP contribution in [0, 0.1) is 13.8 Å². The number of nitrogens with one attached hydrogen (secondary N) is 1. The Morgan fingerprint density at radius 3 is 2.50 bits per heavy atom. The van der Waals surface area contributed by atoms with Crippen molar-refractivity contribution in [3.05, 3.63) is 53.9 Å². The highest BCUT2D eigenvalue weighted by Gasteiger charge is 2.15. The van der Waals surface area contributed by atoms with Crippen LogP contribution in [-0.4, -0.2) is 17.0 Å². The summed E-state index contributed by atoms with van der Waals surface area (Å²) in [4.78, 5) is 15.9. The van der Waals surface area contributed by atoms with E-state index >= 15 is 0 Å². The quantitative estimate of drug-likeness (QED) is 0.928. The molecule has 1 heterocycles. The first-order valence-electron chi connectivity index (χ1n) is 6.51. The van der Waals surface area contributed by atoms with Gasteiger partial charge in [-0.3, -0.25) is 9.78 Å². The third kappa shape index (κ3) is 3.57. The highest BCUT2D eigenvalue weighted by molar-refractivity contribution is 5.94. The number of pyridine rings is 1. The number of rotatable bonds is 4. The Hall–Kier alpha value is -2.36. The molecule has 1 amide bonds. The molecule has 0 aliphatic rings. The monoisotopic (exact) mass is 270 g/mol. The molecular weight excluding hydrogens is 252 g/mol. The number of aromatic nitrogens is 1. The number of carbonyl (C=O) groups is 1. The highest BCUT2D eigenvalue weighted by Crippen LogP contribution is 2.18. The third-order valence-corrected chi connectivity index (χ3v) is 3.11. The lowest BCUT2D eigenvalue weighted by molar-refractivity contribution is -0.122. The molecule has 0 fully saturated rings. The molecule has 2 aromatic rings. The van der Waals surface area contributed by atoms with Crippen LogP contribution in [0.25, 0.3) is 0 Å². The average Bonchev–Trinajstić information content (AvgIpc) is 2.44. The van der Waals surface area contributed by atoms with E-state index in [1.54, 1.807) is 31.5 Å². The number of benzene rings is 1. The molecule has 0 bridgehead atoms. The van der Waals surface area contributed by atoms with E-state index in [0.717, 1.165) is 5.56 Å². The molecule has 20 heavy (non-hydrogen) atoms. The lowest BCUT2D eigenvalue weighted by Crippen LogP contribution is -2.30. The van der Waals surface area contributed by atoms with Crippen molar-refractivity contribution in [3.63, 3.8) is 0 Å². The predicted octanol–water partition coefficient (Wildman–Crippen LogP) is 3.10. The van der Waals surface area contributed by atoms with Gasteiger partial charge in [-0.15, -0.1) is 0 Å². The fourth-order valence-electron chi connectivity index (χ4n) is 1.72. The van der Waals surface area contributed by atoms with Crippen LogP contribution in [0.1, 0.15) is 18.1 Å². The topological polar surface area (TPSA) is 51.2 Å². The van der Waals surface area contributed by atoms with Crippen molar-refractivity contribution in [1.29, 1.82) is 0 Å². The molecule has 104 valence electrons. The molecule has 0 saturated heterocycles. The molecule has 0 unspecified atom stereocenters. The number of hydrogen-bond acceptors (Lipinski definition) is 3. The standard InChI is InChI=1S/C16H18N2O2/c1-11-4-5-15(10-12(11)2)20-13(3)16(19)18-14-6-8-17-9-7-14/h4-10,13H,1-3H3,(H,17,18,19)/t13-/m1/s1. The summed E-state index contributed by atoms with van der Waals surface area (Å²) in [5, 5.41) is 2.78. The van der Waals surface area contributed by atoms with Gasteiger partial charge < -0.3 is 10.1 Å². The van der Waals surface area contributed by atoms with Crippen LogP contribution >= 0.6 is 0 Å². The van der Waals surface area contributed by atoms with Crippen LogP contribution in [0.2, 0.25) is 0 Å². The first-order chi connectivity index (χ1) is 9.56. The maximum Gasteiger partial charge on any atom is 0.265 e. The number of amides is 1. The van der Waals surface area contributed by atoms with Gasteiger partial charge in [-0.2, -0.15) is 0 Å². The summed E-state index contributed by atoms with van der Waals surface area (Å²) in [5.41, 5.74) is 3.05. The number of carbonyl (C=O) groups excluding carboxylic acids is 1. The van der Waals surface area contributed by atoms with Crippen molar-refractivity contribution in [2.75, 3.05) is 5.32 Å². The average molecular weight is 270 g/mol. The molecule has 1 N–H and O–H groups in total. The molecule has 0 aliphatic heterocycles. The number of anilines is 1. The van der Waals surface area contributed by atoms with Crippen molar-refractivity contribution in [3.8, 4) is 5.75 Å². The zero-order valence-electron chi connectivity index (χ0n) is 11.9. The molecule has 2 rings (SSSR count). The van der Waals surface area contributed by atoms with E-state index in [9.17, 15) is 4.79 Å². The van der Waals surface area contributed by atoms with E-state index in [1.165, 1.54) is 5.56 Å². The smallest absolute Gasteiger partial charge is 0.265 e. The molecule has 1 aromatic carbocycles. The molecule has 0 spiro atoms.